The molecule has 0 spiro atoms. The number of sulfonamides is 1. The number of rotatable bonds is 4. The molecule has 32 heavy (non-hydrogen) atoms. The number of aromatic hydroxyl groups is 1. The van der Waals surface area contributed by atoms with Gasteiger partial charge in [0.25, 0.3) is 0 Å². The van der Waals surface area contributed by atoms with E-state index < -0.39 is 10.0 Å². The molecule has 0 aliphatic carbocycles. The fourth-order valence-electron chi connectivity index (χ4n) is 4.30. The van der Waals surface area contributed by atoms with Crippen LogP contribution in [0.1, 0.15) is 12.0 Å². The smallest absolute Gasteiger partial charge is 0.243 e. The molecule has 5 rings (SSSR count). The molecular weight excluding hydrogens is 428 g/mol. The molecule has 1 saturated heterocycles. The predicted molar refractivity (Wildman–Crippen MR) is 122 cm³/mol. The van der Waals surface area contributed by atoms with Gasteiger partial charge < -0.3 is 14.6 Å². The molecule has 7 nitrogen and oxygen atoms in total. The third kappa shape index (κ3) is 4.01. The van der Waals surface area contributed by atoms with Gasteiger partial charge in [0.05, 0.1) is 18.1 Å². The molecule has 0 amide bonds. The van der Waals surface area contributed by atoms with Crippen molar-refractivity contribution in [1.82, 2.24) is 9.21 Å². The molecule has 2 aliphatic rings. The van der Waals surface area contributed by atoms with E-state index in [9.17, 15) is 13.5 Å². The zero-order valence-electron chi connectivity index (χ0n) is 17.7. The normalized spacial score (nSPS) is 17.9. The van der Waals surface area contributed by atoms with Gasteiger partial charge in [0.1, 0.15) is 5.75 Å². The van der Waals surface area contributed by atoms with Crippen LogP contribution in [0.2, 0.25) is 0 Å². The molecule has 8 heteroatoms. The summed E-state index contributed by atoms with van der Waals surface area (Å²) < 4.78 is 39.2. The summed E-state index contributed by atoms with van der Waals surface area (Å²) in [5, 5.41) is 12.5. The first-order valence-corrected chi connectivity index (χ1v) is 12.3. The molecule has 0 bridgehead atoms. The van der Waals surface area contributed by atoms with Crippen molar-refractivity contribution in [2.24, 2.45) is 0 Å². The number of hydrogen-bond acceptors (Lipinski definition) is 6. The van der Waals surface area contributed by atoms with Crippen molar-refractivity contribution in [3.8, 4) is 17.2 Å². The minimum absolute atomic E-state index is 0.224. The van der Waals surface area contributed by atoms with Crippen molar-refractivity contribution < 1.29 is 23.0 Å². The van der Waals surface area contributed by atoms with Gasteiger partial charge in [-0.15, -0.1) is 0 Å². The number of hydrogen-bond donors (Lipinski definition) is 1. The Kier molecular flexibility index (Phi) is 5.67. The number of fused-ring (bicyclic) bond motifs is 2. The molecule has 0 radical (unpaired) electrons. The van der Waals surface area contributed by atoms with Crippen LogP contribution in [-0.4, -0.2) is 62.1 Å². The van der Waals surface area contributed by atoms with E-state index >= 15 is 0 Å². The van der Waals surface area contributed by atoms with Gasteiger partial charge in [-0.3, -0.25) is 4.90 Å². The molecule has 0 unspecified atom stereocenters. The second-order valence-corrected chi connectivity index (χ2v) is 10.1. The zero-order valence-corrected chi connectivity index (χ0v) is 18.6. The first-order chi connectivity index (χ1) is 15.5. The Morgan fingerprint density at radius 2 is 1.62 bits per heavy atom. The highest BCUT2D eigenvalue weighted by Gasteiger charge is 2.30. The number of phenols is 1. The number of benzene rings is 3. The minimum Gasteiger partial charge on any atom is -0.508 e. The largest absolute Gasteiger partial charge is 0.508 e. The molecule has 168 valence electrons. The van der Waals surface area contributed by atoms with Crippen LogP contribution in [0, 0.1) is 0 Å². The Bertz CT molecular complexity index is 1240. The number of nitrogens with zero attached hydrogens (tertiary/aromatic N) is 2. The van der Waals surface area contributed by atoms with Gasteiger partial charge in [-0.25, -0.2) is 8.42 Å². The highest BCUT2D eigenvalue weighted by atomic mass is 32.2. The lowest BCUT2D eigenvalue weighted by Crippen LogP contribution is -2.48. The molecule has 3 aromatic rings. The zero-order chi connectivity index (χ0) is 22.1. The first-order valence-electron chi connectivity index (χ1n) is 10.8. The molecule has 2 aliphatic heterocycles. The van der Waals surface area contributed by atoms with Crippen LogP contribution >= 0.6 is 0 Å². The fourth-order valence-corrected chi connectivity index (χ4v) is 5.73. The Morgan fingerprint density at radius 1 is 0.875 bits per heavy atom. The quantitative estimate of drug-likeness (QED) is 0.652. The van der Waals surface area contributed by atoms with Crippen LogP contribution in [0.25, 0.3) is 10.8 Å². The molecule has 0 atom stereocenters. The van der Waals surface area contributed by atoms with Crippen molar-refractivity contribution >= 4 is 20.8 Å². The third-order valence-corrected chi connectivity index (χ3v) is 7.98. The van der Waals surface area contributed by atoms with Gasteiger partial charge in [-0.1, -0.05) is 30.3 Å². The monoisotopic (exact) mass is 454 g/mol. The first kappa shape index (κ1) is 21.1. The SMILES string of the molecule is O=S(=O)(c1ccc2c(c1)OCCCO2)N1CCN(Cc2c(O)ccc3ccccc23)CC1. The Labute approximate surface area is 187 Å². The summed E-state index contributed by atoms with van der Waals surface area (Å²) in [4.78, 5) is 2.41. The summed E-state index contributed by atoms with van der Waals surface area (Å²) in [5.74, 6) is 1.33. The number of phenolic OH excluding ortho intramolecular Hbond substituents is 1. The van der Waals surface area contributed by atoms with Crippen LogP contribution in [0.3, 0.4) is 0 Å². The van der Waals surface area contributed by atoms with Crippen LogP contribution in [0.15, 0.2) is 59.5 Å². The fraction of sp³-hybridized carbons (Fsp3) is 0.333. The summed E-state index contributed by atoms with van der Waals surface area (Å²) in [6.07, 6.45) is 0.769. The maximum absolute atomic E-state index is 13.2. The van der Waals surface area contributed by atoms with E-state index in [4.69, 9.17) is 9.47 Å². The van der Waals surface area contributed by atoms with Crippen molar-refractivity contribution in [3.05, 3.63) is 60.2 Å². The number of piperazine rings is 1. The Balaban J connectivity index is 1.30. The van der Waals surface area contributed by atoms with Gasteiger partial charge in [-0.2, -0.15) is 4.31 Å². The van der Waals surface area contributed by atoms with Gasteiger partial charge in [0.2, 0.25) is 10.0 Å². The van der Waals surface area contributed by atoms with E-state index in [-0.39, 0.29) is 10.6 Å². The average molecular weight is 455 g/mol. The molecule has 2 heterocycles. The molecule has 1 N–H and O–H groups in total. The van der Waals surface area contributed by atoms with Crippen molar-refractivity contribution in [2.45, 2.75) is 17.9 Å². The highest BCUT2D eigenvalue weighted by Crippen LogP contribution is 2.33. The van der Waals surface area contributed by atoms with Gasteiger partial charge in [0.15, 0.2) is 11.5 Å². The van der Waals surface area contributed by atoms with Gasteiger partial charge in [-0.05, 0) is 29.0 Å². The maximum Gasteiger partial charge on any atom is 0.243 e. The topological polar surface area (TPSA) is 79.3 Å². The molecule has 3 aromatic carbocycles. The van der Waals surface area contributed by atoms with Crippen molar-refractivity contribution in [3.63, 3.8) is 0 Å². The molecular formula is C24H26N2O5S. The third-order valence-electron chi connectivity index (χ3n) is 6.09. The van der Waals surface area contributed by atoms with E-state index in [1.54, 1.807) is 24.3 Å². The van der Waals surface area contributed by atoms with E-state index in [0.717, 1.165) is 22.8 Å². The number of ether oxygens (including phenoxy) is 2. The lowest BCUT2D eigenvalue weighted by molar-refractivity contribution is 0.180. The minimum atomic E-state index is -3.62. The highest BCUT2D eigenvalue weighted by molar-refractivity contribution is 7.89. The van der Waals surface area contributed by atoms with Crippen LogP contribution in [0.5, 0.6) is 17.2 Å². The van der Waals surface area contributed by atoms with E-state index in [1.165, 1.54) is 4.31 Å². The molecule has 1 fully saturated rings. The summed E-state index contributed by atoms with van der Waals surface area (Å²) >= 11 is 0. The average Bonchev–Trinajstić information content (AvgIpc) is 3.06. The Hall–Kier alpha value is -2.81. The summed E-state index contributed by atoms with van der Waals surface area (Å²) in [5.41, 5.74) is 0.877. The summed E-state index contributed by atoms with van der Waals surface area (Å²) in [7, 11) is -3.62. The summed E-state index contributed by atoms with van der Waals surface area (Å²) in [6.45, 7) is 3.61. The molecule has 0 aromatic heterocycles. The lowest BCUT2D eigenvalue weighted by atomic mass is 10.0. The lowest BCUT2D eigenvalue weighted by Gasteiger charge is -2.34. The van der Waals surface area contributed by atoms with Gasteiger partial charge >= 0.3 is 0 Å². The second kappa shape index (κ2) is 8.61. The van der Waals surface area contributed by atoms with Gasteiger partial charge in [0, 0.05) is 50.8 Å². The Morgan fingerprint density at radius 3 is 2.44 bits per heavy atom. The van der Waals surface area contributed by atoms with Crippen LogP contribution < -0.4 is 9.47 Å². The molecule has 0 saturated carbocycles. The maximum atomic E-state index is 13.2. The van der Waals surface area contributed by atoms with E-state index in [0.29, 0.717) is 57.4 Å². The summed E-state index contributed by atoms with van der Waals surface area (Å²) in [6, 6.07) is 16.4. The second-order valence-electron chi connectivity index (χ2n) is 8.12. The van der Waals surface area contributed by atoms with Crippen LogP contribution in [0.4, 0.5) is 0 Å². The van der Waals surface area contributed by atoms with Crippen molar-refractivity contribution in [2.75, 3.05) is 39.4 Å². The van der Waals surface area contributed by atoms with E-state index in [2.05, 4.69) is 4.90 Å². The standard InChI is InChI=1S/C24H26N2O5S/c27-22-8-6-18-4-1-2-5-20(18)21(22)17-25-10-12-26(13-11-25)32(28,29)19-7-9-23-24(16-19)31-15-3-14-30-23/h1-2,4-9,16,27H,3,10-15,17H2. The van der Waals surface area contributed by atoms with Crippen molar-refractivity contribution in [1.29, 1.82) is 0 Å². The predicted octanol–water partition coefficient (Wildman–Crippen LogP) is 3.21. The van der Waals surface area contributed by atoms with Crippen LogP contribution in [-0.2, 0) is 16.6 Å². The van der Waals surface area contributed by atoms with E-state index in [1.807, 2.05) is 30.3 Å².